The SMILES string of the molecule is Cc1ccc2c(N(C)C)nc(-c3ccccc3)nc2c1. The summed E-state index contributed by atoms with van der Waals surface area (Å²) in [6.07, 6.45) is 0. The molecule has 0 unspecified atom stereocenters. The van der Waals surface area contributed by atoms with Crippen LogP contribution in [0.1, 0.15) is 5.56 Å². The molecule has 20 heavy (non-hydrogen) atoms. The summed E-state index contributed by atoms with van der Waals surface area (Å²) in [5.74, 6) is 1.72. The van der Waals surface area contributed by atoms with Gasteiger partial charge < -0.3 is 4.90 Å². The third kappa shape index (κ3) is 2.23. The molecule has 1 aromatic heterocycles. The molecule has 100 valence electrons. The Balaban J connectivity index is 2.30. The highest BCUT2D eigenvalue weighted by Crippen LogP contribution is 2.26. The molecule has 0 amide bonds. The van der Waals surface area contributed by atoms with Crippen LogP contribution in [0.3, 0.4) is 0 Å². The summed E-state index contributed by atoms with van der Waals surface area (Å²) in [4.78, 5) is 11.5. The van der Waals surface area contributed by atoms with Gasteiger partial charge in [0.25, 0.3) is 0 Å². The molecule has 0 saturated heterocycles. The van der Waals surface area contributed by atoms with Gasteiger partial charge in [0, 0.05) is 25.0 Å². The van der Waals surface area contributed by atoms with Gasteiger partial charge in [-0.15, -0.1) is 0 Å². The first-order valence-corrected chi connectivity index (χ1v) is 6.66. The molecule has 0 radical (unpaired) electrons. The van der Waals surface area contributed by atoms with E-state index in [-0.39, 0.29) is 0 Å². The third-order valence-electron chi connectivity index (χ3n) is 3.29. The van der Waals surface area contributed by atoms with Gasteiger partial charge in [-0.25, -0.2) is 9.97 Å². The lowest BCUT2D eigenvalue weighted by molar-refractivity contribution is 1.07. The second-order valence-electron chi connectivity index (χ2n) is 5.15. The summed E-state index contributed by atoms with van der Waals surface area (Å²) in [5, 5.41) is 1.08. The fraction of sp³-hybridized carbons (Fsp3) is 0.176. The Bertz CT molecular complexity index is 749. The fourth-order valence-electron chi connectivity index (χ4n) is 2.28. The summed E-state index contributed by atoms with van der Waals surface area (Å²) in [6, 6.07) is 16.4. The molecule has 0 aliphatic rings. The number of hydrogen-bond acceptors (Lipinski definition) is 3. The minimum atomic E-state index is 0.771. The zero-order chi connectivity index (χ0) is 14.1. The summed E-state index contributed by atoms with van der Waals surface area (Å²) < 4.78 is 0. The van der Waals surface area contributed by atoms with Crippen LogP contribution in [0.5, 0.6) is 0 Å². The van der Waals surface area contributed by atoms with Gasteiger partial charge in [-0.3, -0.25) is 0 Å². The number of nitrogens with zero attached hydrogens (tertiary/aromatic N) is 3. The highest BCUT2D eigenvalue weighted by molar-refractivity contribution is 5.91. The molecule has 0 aliphatic carbocycles. The van der Waals surface area contributed by atoms with E-state index in [0.717, 1.165) is 28.1 Å². The minimum absolute atomic E-state index is 0.771. The molecular formula is C17H17N3. The maximum Gasteiger partial charge on any atom is 0.162 e. The van der Waals surface area contributed by atoms with Crippen molar-refractivity contribution in [1.29, 1.82) is 0 Å². The Morgan fingerprint density at radius 3 is 2.35 bits per heavy atom. The van der Waals surface area contributed by atoms with Crippen LogP contribution >= 0.6 is 0 Å². The van der Waals surface area contributed by atoms with Crippen LogP contribution in [-0.4, -0.2) is 24.1 Å². The van der Waals surface area contributed by atoms with Crippen molar-refractivity contribution < 1.29 is 0 Å². The number of aryl methyl sites for hydroxylation is 1. The number of aromatic nitrogens is 2. The first kappa shape index (κ1) is 12.6. The Morgan fingerprint density at radius 1 is 0.900 bits per heavy atom. The molecule has 2 aromatic carbocycles. The lowest BCUT2D eigenvalue weighted by Gasteiger charge is -2.15. The van der Waals surface area contributed by atoms with E-state index in [1.807, 2.05) is 49.3 Å². The van der Waals surface area contributed by atoms with E-state index in [1.165, 1.54) is 5.56 Å². The van der Waals surface area contributed by atoms with Crippen molar-refractivity contribution in [3.05, 3.63) is 54.1 Å². The van der Waals surface area contributed by atoms with E-state index in [1.54, 1.807) is 0 Å². The van der Waals surface area contributed by atoms with Crippen LogP contribution in [0, 0.1) is 6.92 Å². The van der Waals surface area contributed by atoms with Crippen molar-refractivity contribution in [3.8, 4) is 11.4 Å². The Labute approximate surface area is 118 Å². The van der Waals surface area contributed by atoms with E-state index < -0.39 is 0 Å². The van der Waals surface area contributed by atoms with Gasteiger partial charge in [-0.05, 0) is 24.6 Å². The van der Waals surface area contributed by atoms with Crippen LogP contribution in [0.25, 0.3) is 22.3 Å². The molecule has 3 aromatic rings. The fourth-order valence-corrected chi connectivity index (χ4v) is 2.28. The minimum Gasteiger partial charge on any atom is -0.362 e. The summed E-state index contributed by atoms with van der Waals surface area (Å²) in [6.45, 7) is 2.08. The molecule has 0 saturated carbocycles. The maximum absolute atomic E-state index is 4.72. The summed E-state index contributed by atoms with van der Waals surface area (Å²) in [7, 11) is 4.02. The Morgan fingerprint density at radius 2 is 1.65 bits per heavy atom. The summed E-state index contributed by atoms with van der Waals surface area (Å²) in [5.41, 5.74) is 3.24. The monoisotopic (exact) mass is 263 g/mol. The van der Waals surface area contributed by atoms with Crippen molar-refractivity contribution in [3.63, 3.8) is 0 Å². The predicted octanol–water partition coefficient (Wildman–Crippen LogP) is 3.67. The van der Waals surface area contributed by atoms with Gasteiger partial charge in [0.2, 0.25) is 0 Å². The van der Waals surface area contributed by atoms with Gasteiger partial charge >= 0.3 is 0 Å². The van der Waals surface area contributed by atoms with Crippen molar-refractivity contribution in [2.45, 2.75) is 6.92 Å². The number of hydrogen-bond donors (Lipinski definition) is 0. The van der Waals surface area contributed by atoms with Crippen molar-refractivity contribution >= 4 is 16.7 Å². The van der Waals surface area contributed by atoms with Gasteiger partial charge in [0.1, 0.15) is 5.82 Å². The largest absolute Gasteiger partial charge is 0.362 e. The molecular weight excluding hydrogens is 246 g/mol. The van der Waals surface area contributed by atoms with Crippen LogP contribution < -0.4 is 4.90 Å². The van der Waals surface area contributed by atoms with Crippen molar-refractivity contribution in [2.24, 2.45) is 0 Å². The zero-order valence-corrected chi connectivity index (χ0v) is 12.0. The lowest BCUT2D eigenvalue weighted by atomic mass is 10.1. The molecule has 1 heterocycles. The van der Waals surface area contributed by atoms with Gasteiger partial charge in [0.05, 0.1) is 5.52 Å². The van der Waals surface area contributed by atoms with Gasteiger partial charge in [-0.2, -0.15) is 0 Å². The molecule has 0 fully saturated rings. The van der Waals surface area contributed by atoms with Crippen LogP contribution in [0.4, 0.5) is 5.82 Å². The molecule has 3 nitrogen and oxygen atoms in total. The molecule has 0 bridgehead atoms. The van der Waals surface area contributed by atoms with E-state index >= 15 is 0 Å². The average molecular weight is 263 g/mol. The molecule has 0 aliphatic heterocycles. The lowest BCUT2D eigenvalue weighted by Crippen LogP contribution is -2.12. The number of rotatable bonds is 2. The highest BCUT2D eigenvalue weighted by Gasteiger charge is 2.10. The van der Waals surface area contributed by atoms with E-state index in [9.17, 15) is 0 Å². The highest BCUT2D eigenvalue weighted by atomic mass is 15.2. The van der Waals surface area contributed by atoms with E-state index in [4.69, 9.17) is 9.97 Å². The summed E-state index contributed by atoms with van der Waals surface area (Å²) >= 11 is 0. The molecule has 3 heteroatoms. The molecule has 0 spiro atoms. The van der Waals surface area contributed by atoms with Crippen LogP contribution in [-0.2, 0) is 0 Å². The van der Waals surface area contributed by atoms with Crippen molar-refractivity contribution in [1.82, 2.24) is 9.97 Å². The standard InChI is InChI=1S/C17H17N3/c1-12-9-10-14-15(11-12)18-16(19-17(14)20(2)3)13-7-5-4-6-8-13/h4-11H,1-3H3. The number of benzene rings is 2. The Hall–Kier alpha value is -2.42. The van der Waals surface area contributed by atoms with E-state index in [2.05, 4.69) is 25.1 Å². The van der Waals surface area contributed by atoms with Crippen LogP contribution in [0.15, 0.2) is 48.5 Å². The predicted molar refractivity (Wildman–Crippen MR) is 84.0 cm³/mol. The van der Waals surface area contributed by atoms with E-state index in [0.29, 0.717) is 0 Å². The number of anilines is 1. The molecule has 0 N–H and O–H groups in total. The molecule has 3 rings (SSSR count). The van der Waals surface area contributed by atoms with Crippen LogP contribution in [0.2, 0.25) is 0 Å². The normalized spacial score (nSPS) is 10.8. The second-order valence-corrected chi connectivity index (χ2v) is 5.15. The zero-order valence-electron chi connectivity index (χ0n) is 12.0. The number of fused-ring (bicyclic) bond motifs is 1. The average Bonchev–Trinajstić information content (AvgIpc) is 2.46. The third-order valence-corrected chi connectivity index (χ3v) is 3.29. The second kappa shape index (κ2) is 4.93. The van der Waals surface area contributed by atoms with Crippen molar-refractivity contribution in [2.75, 3.05) is 19.0 Å². The topological polar surface area (TPSA) is 29.0 Å². The smallest absolute Gasteiger partial charge is 0.162 e. The molecule has 0 atom stereocenters. The quantitative estimate of drug-likeness (QED) is 0.706. The maximum atomic E-state index is 4.72. The first-order valence-electron chi connectivity index (χ1n) is 6.66. The van der Waals surface area contributed by atoms with Gasteiger partial charge in [0.15, 0.2) is 5.82 Å². The van der Waals surface area contributed by atoms with Gasteiger partial charge in [-0.1, -0.05) is 36.4 Å². The first-order chi connectivity index (χ1) is 9.65. The Kier molecular flexibility index (Phi) is 3.11.